The molecule has 17 rings (SSSR count). The van der Waals surface area contributed by atoms with Crippen LogP contribution in [0.3, 0.4) is 0 Å². The number of hydrogen-bond donors (Lipinski definition) is 5. The van der Waals surface area contributed by atoms with E-state index in [1.54, 1.807) is 110 Å². The van der Waals surface area contributed by atoms with Gasteiger partial charge >= 0.3 is 0 Å². The van der Waals surface area contributed by atoms with E-state index >= 15 is 0 Å². The smallest absolute Gasteiger partial charge is 0.230 e. The number of amides is 5. The van der Waals surface area contributed by atoms with Crippen LogP contribution >= 0.6 is 23.2 Å². The highest BCUT2D eigenvalue weighted by Crippen LogP contribution is 2.33. The number of rotatable bonds is 29. The average Bonchev–Trinajstić information content (AvgIpc) is 1.66. The number of carbonyl (C=O) groups is 5. The quantitative estimate of drug-likeness (QED) is 0.0272. The summed E-state index contributed by atoms with van der Waals surface area (Å²) in [6.45, 7) is 4.86. The number of para-hydroxylation sites is 1. The Balaban J connectivity index is 0.000000143. The summed E-state index contributed by atoms with van der Waals surface area (Å²) in [5, 5.41) is 14.0. The van der Waals surface area contributed by atoms with E-state index in [0.717, 1.165) is 131 Å². The molecule has 0 aliphatic carbocycles. The molecule has 5 saturated heterocycles. The van der Waals surface area contributed by atoms with Gasteiger partial charge in [0.2, 0.25) is 41.3 Å². The predicted octanol–water partition coefficient (Wildman–Crippen LogP) is 16.3. The van der Waals surface area contributed by atoms with Crippen LogP contribution in [0.4, 0.5) is 22.0 Å². The Hall–Kier alpha value is -12.0. The van der Waals surface area contributed by atoms with Gasteiger partial charge in [-0.15, -0.1) is 5.10 Å². The standard InChI is InChI=1S/C22H24FN5O2.2C21H24ClFN2O.C21H24FN5O.C20H24FN3O/c23-19-4-2-1-3-17(19)13-18(24)14-20(29)28-11-7-16(8-12-28)22-26-21(27-30-22)15-5-9-25-10-6-15;22-17-7-3-5-15(11-17)12-19-8-4-10-25(19)21(26)14-18(24)13-16-6-1-2-9-20(16)23;22-17-9-7-15(8-10-17)12-19-5-3-11-25(19)21(26)14-18(24)13-16-4-1-2-6-20(16)23;22-18-6-2-1-5-15(18)13-16(23)14-21(28)26-11-9-17(10-12-26)27-20-8-4-3-7-19(20)24-25-27;21-19-9-2-1-6-15(19)12-16(22)13-20(25)24-11-5-8-18(24)14-17-7-3-4-10-23-17/h1-6,9-10,16,18H,7-8,11-14,24H2;1-3,5-7,9,11,18-19H,4,8,10,12-14,24H2;1-2,4,6-10,18-19H,3,5,11-14,24H2;1-8,16-17H,9-14,23H2;1-4,6-7,9-10,16,18H,5,8,11-14,22H2/t18-;2*18-,19?;16-;16-,18?/m11111/s1. The van der Waals surface area contributed by atoms with Crippen LogP contribution in [0.25, 0.3) is 22.4 Å². The third-order valence-electron chi connectivity index (χ3n) is 25.5. The van der Waals surface area contributed by atoms with Crippen molar-refractivity contribution < 1.29 is 50.4 Å². The monoisotopic (exact) mass is 1880 g/mol. The fourth-order valence-corrected chi connectivity index (χ4v) is 18.8. The minimum absolute atomic E-state index is 0.000271. The zero-order valence-electron chi connectivity index (χ0n) is 75.9. The van der Waals surface area contributed by atoms with E-state index in [-0.39, 0.29) is 145 Å². The van der Waals surface area contributed by atoms with Gasteiger partial charge in [-0.2, -0.15) is 4.98 Å². The molecule has 9 heterocycles. The predicted molar refractivity (Wildman–Crippen MR) is 514 cm³/mol. The van der Waals surface area contributed by atoms with Crippen molar-refractivity contribution in [2.75, 3.05) is 45.8 Å². The second-order valence-electron chi connectivity index (χ2n) is 35.6. The van der Waals surface area contributed by atoms with E-state index in [4.69, 9.17) is 56.4 Å². The van der Waals surface area contributed by atoms with Gasteiger partial charge in [0, 0.05) is 178 Å². The summed E-state index contributed by atoms with van der Waals surface area (Å²) >= 11 is 12.0. The lowest BCUT2D eigenvalue weighted by Crippen LogP contribution is -2.42. The number of benzene rings is 8. The number of carbonyl (C=O) groups excluding carboxylic acids is 5. The van der Waals surface area contributed by atoms with Gasteiger partial charge < -0.3 is 57.7 Å². The normalized spacial score (nSPS) is 17.3. The van der Waals surface area contributed by atoms with Gasteiger partial charge in [-0.05, 0) is 239 Å². The van der Waals surface area contributed by atoms with E-state index in [9.17, 15) is 45.9 Å². The highest BCUT2D eigenvalue weighted by molar-refractivity contribution is 6.30. The zero-order chi connectivity index (χ0) is 95.1. The number of hydrogen-bond acceptors (Lipinski definition) is 17. The maximum absolute atomic E-state index is 13.8. The number of aromatic nitrogens is 7. The summed E-state index contributed by atoms with van der Waals surface area (Å²) in [5.74, 6) is 0.127. The first-order chi connectivity index (χ1) is 65.4. The van der Waals surface area contributed by atoms with Crippen LogP contribution < -0.4 is 28.7 Å². The van der Waals surface area contributed by atoms with Crippen LogP contribution in [-0.2, 0) is 75.3 Å². The van der Waals surface area contributed by atoms with Crippen molar-refractivity contribution >= 4 is 63.8 Å². The first-order valence-corrected chi connectivity index (χ1v) is 47.5. The molecule has 4 aromatic heterocycles. The van der Waals surface area contributed by atoms with Gasteiger partial charge in [0.05, 0.1) is 11.6 Å². The molecule has 135 heavy (non-hydrogen) atoms. The topological polar surface area (TPSA) is 327 Å². The molecule has 8 atom stereocenters. The lowest BCUT2D eigenvalue weighted by atomic mass is 9.96. The van der Waals surface area contributed by atoms with E-state index < -0.39 is 6.04 Å². The van der Waals surface area contributed by atoms with Gasteiger partial charge in [0.15, 0.2) is 0 Å². The summed E-state index contributed by atoms with van der Waals surface area (Å²) < 4.78 is 76.2. The first kappa shape index (κ1) is 100. The maximum Gasteiger partial charge on any atom is 0.230 e. The van der Waals surface area contributed by atoms with Crippen molar-refractivity contribution in [1.29, 1.82) is 0 Å². The number of pyridine rings is 2. The fourth-order valence-electron chi connectivity index (χ4n) is 18.5. The summed E-state index contributed by atoms with van der Waals surface area (Å²) in [6.07, 6.45) is 19.7. The Morgan fingerprint density at radius 2 is 0.793 bits per heavy atom. The summed E-state index contributed by atoms with van der Waals surface area (Å²) in [4.78, 5) is 85.7. The Morgan fingerprint density at radius 1 is 0.393 bits per heavy atom. The van der Waals surface area contributed by atoms with Gasteiger partial charge in [-0.3, -0.25) is 33.9 Å². The van der Waals surface area contributed by atoms with Gasteiger partial charge in [0.25, 0.3) is 0 Å². The minimum atomic E-state index is -0.411. The summed E-state index contributed by atoms with van der Waals surface area (Å²) in [5.41, 5.74) is 39.5. The molecule has 0 bridgehead atoms. The Bertz CT molecular complexity index is 5800. The van der Waals surface area contributed by atoms with E-state index in [1.807, 2.05) is 132 Å². The molecule has 12 aromatic rings. The molecule has 0 radical (unpaired) electrons. The van der Waals surface area contributed by atoms with Crippen LogP contribution in [0.1, 0.15) is 159 Å². The number of nitrogens with zero attached hydrogens (tertiary/aromatic N) is 12. The molecular weight excluding hydrogens is 1760 g/mol. The molecule has 30 heteroatoms. The number of nitrogens with two attached hydrogens (primary N) is 5. The fraction of sp³-hybridized carbons (Fsp3) is 0.381. The molecule has 5 amide bonds. The van der Waals surface area contributed by atoms with Crippen molar-refractivity contribution in [3.63, 3.8) is 0 Å². The lowest BCUT2D eigenvalue weighted by molar-refractivity contribution is -0.133. The van der Waals surface area contributed by atoms with Crippen LogP contribution in [0.15, 0.2) is 248 Å². The molecule has 10 N–H and O–H groups in total. The average molecular weight is 1880 g/mol. The SMILES string of the molecule is N[C@@H](CC(=O)N1CCC(c2nc(-c3ccncc3)no2)CC1)Cc1ccccc1F.N[C@@H](CC(=O)N1CCC(n2nnc3ccccc32)CC1)Cc1ccccc1F.N[C@@H](CC(=O)N1CCCC1Cc1ccc(Cl)cc1)Cc1ccccc1F.N[C@@H](CC(=O)N1CCCC1Cc1cccc(Cl)c1)Cc1ccccc1F.N[C@@H](CC(=O)N1CCCC1Cc1ccccn1)Cc1ccccc1F. The first-order valence-electron chi connectivity index (χ1n) is 46.7. The number of halogens is 7. The van der Waals surface area contributed by atoms with Crippen molar-refractivity contribution in [2.24, 2.45) is 28.7 Å². The zero-order valence-corrected chi connectivity index (χ0v) is 77.4. The molecule has 0 saturated carbocycles. The highest BCUT2D eigenvalue weighted by Gasteiger charge is 2.35. The summed E-state index contributed by atoms with van der Waals surface area (Å²) in [6, 6.07) is 64.7. The molecule has 5 aliphatic rings. The second-order valence-corrected chi connectivity index (χ2v) is 36.5. The number of fused-ring (bicyclic) bond motifs is 1. The Kier molecular flexibility index (Phi) is 37.6. The van der Waals surface area contributed by atoms with Crippen molar-refractivity contribution in [2.45, 2.75) is 208 Å². The van der Waals surface area contributed by atoms with E-state index in [1.165, 1.54) is 35.9 Å². The van der Waals surface area contributed by atoms with Gasteiger partial charge in [-0.25, -0.2) is 26.6 Å². The Labute approximate surface area is 795 Å². The van der Waals surface area contributed by atoms with Crippen molar-refractivity contribution in [3.8, 4) is 11.4 Å². The molecule has 710 valence electrons. The molecule has 5 fully saturated rings. The summed E-state index contributed by atoms with van der Waals surface area (Å²) in [7, 11) is 0. The number of piperidine rings is 2. The third-order valence-corrected chi connectivity index (χ3v) is 26.0. The third kappa shape index (κ3) is 30.0. The van der Waals surface area contributed by atoms with Crippen LogP contribution in [0.2, 0.25) is 10.0 Å². The molecule has 0 spiro atoms. The molecule has 3 unspecified atom stereocenters. The highest BCUT2D eigenvalue weighted by atomic mass is 35.5. The van der Waals surface area contributed by atoms with E-state index in [0.29, 0.717) is 108 Å². The van der Waals surface area contributed by atoms with Crippen LogP contribution in [0.5, 0.6) is 0 Å². The minimum Gasteiger partial charge on any atom is -0.343 e. The van der Waals surface area contributed by atoms with Crippen LogP contribution in [-0.4, -0.2) is 183 Å². The van der Waals surface area contributed by atoms with Gasteiger partial charge in [0.1, 0.15) is 34.6 Å². The largest absolute Gasteiger partial charge is 0.343 e. The second kappa shape index (κ2) is 50.5. The molecular formula is C105H120Cl2F5N17O6. The van der Waals surface area contributed by atoms with Crippen molar-refractivity contribution in [3.05, 3.63) is 333 Å². The molecule has 5 aliphatic heterocycles. The number of likely N-dealkylation sites (tertiary alicyclic amines) is 5. The lowest BCUT2D eigenvalue weighted by Gasteiger charge is -2.32. The Morgan fingerprint density at radius 3 is 1.22 bits per heavy atom. The van der Waals surface area contributed by atoms with Crippen molar-refractivity contribution in [1.82, 2.24) is 59.6 Å². The molecule has 8 aromatic carbocycles. The van der Waals surface area contributed by atoms with E-state index in [2.05, 4.69) is 30.4 Å². The van der Waals surface area contributed by atoms with Crippen LogP contribution in [0, 0.1) is 29.1 Å². The molecule has 23 nitrogen and oxygen atoms in total. The maximum atomic E-state index is 13.8. The van der Waals surface area contributed by atoms with Gasteiger partial charge in [-0.1, -0.05) is 167 Å².